The summed E-state index contributed by atoms with van der Waals surface area (Å²) >= 11 is 12.0. The molecule has 0 N–H and O–H groups in total. The molecule has 0 fully saturated rings. The summed E-state index contributed by atoms with van der Waals surface area (Å²) in [7, 11) is 0. The van der Waals surface area contributed by atoms with Crippen molar-refractivity contribution in [2.75, 3.05) is 0 Å². The molecule has 0 atom stereocenters. The molecular weight excluding hydrogens is 331 g/mol. The molecule has 2 heterocycles. The third-order valence-electron chi connectivity index (χ3n) is 4.02. The highest BCUT2D eigenvalue weighted by molar-refractivity contribution is 6.30. The van der Waals surface area contributed by atoms with Crippen molar-refractivity contribution in [2.45, 2.75) is 12.8 Å². The molecule has 23 heavy (non-hydrogen) atoms. The summed E-state index contributed by atoms with van der Waals surface area (Å²) in [6.45, 7) is 0. The molecule has 0 saturated carbocycles. The van der Waals surface area contributed by atoms with Crippen molar-refractivity contribution in [1.82, 2.24) is 9.38 Å². The van der Waals surface area contributed by atoms with Crippen LogP contribution in [0.2, 0.25) is 10.0 Å². The lowest BCUT2D eigenvalue weighted by molar-refractivity contribution is 0.971. The quantitative estimate of drug-likeness (QED) is 0.653. The SMILES string of the molecule is O=c1c2c(nc3ccc(Cl)cn13)C(=Cc1cccc(Cl)c1)CC2. The molecule has 0 unspecified atom stereocenters. The van der Waals surface area contributed by atoms with Crippen molar-refractivity contribution in [2.24, 2.45) is 0 Å². The van der Waals surface area contributed by atoms with E-state index < -0.39 is 0 Å². The van der Waals surface area contributed by atoms with E-state index in [9.17, 15) is 4.79 Å². The van der Waals surface area contributed by atoms with Gasteiger partial charge in [0.25, 0.3) is 5.56 Å². The first-order chi connectivity index (χ1) is 11.1. The summed E-state index contributed by atoms with van der Waals surface area (Å²) in [6, 6.07) is 11.2. The van der Waals surface area contributed by atoms with Gasteiger partial charge in [0.2, 0.25) is 0 Å². The van der Waals surface area contributed by atoms with Crippen LogP contribution in [0.25, 0.3) is 17.3 Å². The van der Waals surface area contributed by atoms with Crippen LogP contribution in [0.4, 0.5) is 0 Å². The molecule has 3 nitrogen and oxygen atoms in total. The van der Waals surface area contributed by atoms with Gasteiger partial charge < -0.3 is 0 Å². The first kappa shape index (κ1) is 14.5. The van der Waals surface area contributed by atoms with Gasteiger partial charge in [-0.15, -0.1) is 0 Å². The lowest BCUT2D eigenvalue weighted by Gasteiger charge is -2.05. The Kier molecular flexibility index (Phi) is 3.47. The van der Waals surface area contributed by atoms with Crippen molar-refractivity contribution >= 4 is 40.5 Å². The maximum atomic E-state index is 12.6. The topological polar surface area (TPSA) is 34.4 Å². The van der Waals surface area contributed by atoms with E-state index in [4.69, 9.17) is 23.2 Å². The van der Waals surface area contributed by atoms with Gasteiger partial charge in [0, 0.05) is 16.8 Å². The van der Waals surface area contributed by atoms with Gasteiger partial charge in [0.15, 0.2) is 0 Å². The molecule has 0 radical (unpaired) electrons. The van der Waals surface area contributed by atoms with E-state index in [2.05, 4.69) is 11.1 Å². The number of hydrogen-bond acceptors (Lipinski definition) is 2. The fourth-order valence-electron chi connectivity index (χ4n) is 2.96. The molecule has 2 aromatic heterocycles. The smallest absolute Gasteiger partial charge is 0.261 e. The number of rotatable bonds is 1. The average molecular weight is 343 g/mol. The monoisotopic (exact) mass is 342 g/mol. The first-order valence-electron chi connectivity index (χ1n) is 7.29. The van der Waals surface area contributed by atoms with Gasteiger partial charge in [-0.05, 0) is 54.3 Å². The molecular formula is C18H12Cl2N2O. The Balaban J connectivity index is 1.90. The number of hydrogen-bond donors (Lipinski definition) is 0. The Labute approximate surface area is 142 Å². The van der Waals surface area contributed by atoms with Crippen LogP contribution < -0.4 is 5.56 Å². The molecule has 4 rings (SSSR count). The maximum absolute atomic E-state index is 12.6. The molecule has 1 aliphatic carbocycles. The number of halogens is 2. The summed E-state index contributed by atoms with van der Waals surface area (Å²) < 4.78 is 1.52. The Morgan fingerprint density at radius 3 is 2.78 bits per heavy atom. The molecule has 1 aliphatic rings. The van der Waals surface area contributed by atoms with Crippen LogP contribution in [-0.4, -0.2) is 9.38 Å². The van der Waals surface area contributed by atoms with Crippen LogP contribution >= 0.6 is 23.2 Å². The Morgan fingerprint density at radius 1 is 1.09 bits per heavy atom. The first-order valence-corrected chi connectivity index (χ1v) is 8.05. The van der Waals surface area contributed by atoms with E-state index in [-0.39, 0.29) is 5.56 Å². The van der Waals surface area contributed by atoms with Gasteiger partial charge in [-0.1, -0.05) is 35.3 Å². The second-order valence-corrected chi connectivity index (χ2v) is 6.42. The minimum atomic E-state index is -0.0398. The number of nitrogens with zero attached hydrogens (tertiary/aromatic N) is 2. The van der Waals surface area contributed by atoms with E-state index in [1.54, 1.807) is 18.3 Å². The minimum Gasteiger partial charge on any atom is -0.269 e. The van der Waals surface area contributed by atoms with Gasteiger partial charge in [-0.3, -0.25) is 9.20 Å². The maximum Gasteiger partial charge on any atom is 0.261 e. The van der Waals surface area contributed by atoms with Gasteiger partial charge >= 0.3 is 0 Å². The predicted octanol–water partition coefficient (Wildman–Crippen LogP) is 4.49. The largest absolute Gasteiger partial charge is 0.269 e. The van der Waals surface area contributed by atoms with Crippen molar-refractivity contribution in [3.8, 4) is 0 Å². The molecule has 0 bridgehead atoms. The molecule has 3 aromatic rings. The Bertz CT molecular complexity index is 1020. The van der Waals surface area contributed by atoms with Gasteiger partial charge in [0.05, 0.1) is 10.7 Å². The van der Waals surface area contributed by atoms with Crippen LogP contribution in [0.3, 0.4) is 0 Å². The van der Waals surface area contributed by atoms with Crippen LogP contribution in [0.5, 0.6) is 0 Å². The third kappa shape index (κ3) is 2.56. The molecule has 114 valence electrons. The highest BCUT2D eigenvalue weighted by Gasteiger charge is 2.22. The zero-order valence-electron chi connectivity index (χ0n) is 12.1. The van der Waals surface area contributed by atoms with E-state index >= 15 is 0 Å². The normalized spacial score (nSPS) is 15.3. The van der Waals surface area contributed by atoms with Crippen LogP contribution in [-0.2, 0) is 6.42 Å². The fourth-order valence-corrected chi connectivity index (χ4v) is 3.32. The van der Waals surface area contributed by atoms with Crippen LogP contribution in [0.1, 0.15) is 23.2 Å². The average Bonchev–Trinajstić information content (AvgIpc) is 2.92. The van der Waals surface area contributed by atoms with E-state index in [1.807, 2.05) is 24.3 Å². The molecule has 0 saturated heterocycles. The third-order valence-corrected chi connectivity index (χ3v) is 4.48. The number of fused-ring (bicyclic) bond motifs is 2. The van der Waals surface area contributed by atoms with E-state index in [0.29, 0.717) is 22.1 Å². The Hall–Kier alpha value is -2.10. The summed E-state index contributed by atoms with van der Waals surface area (Å²) in [5, 5.41) is 1.22. The van der Waals surface area contributed by atoms with Crippen molar-refractivity contribution in [3.63, 3.8) is 0 Å². The molecule has 0 aliphatic heterocycles. The molecule has 0 amide bonds. The predicted molar refractivity (Wildman–Crippen MR) is 94.1 cm³/mol. The zero-order chi connectivity index (χ0) is 16.0. The van der Waals surface area contributed by atoms with Gasteiger partial charge in [0.1, 0.15) is 5.65 Å². The minimum absolute atomic E-state index is 0.0398. The van der Waals surface area contributed by atoms with Gasteiger partial charge in [-0.2, -0.15) is 0 Å². The Morgan fingerprint density at radius 2 is 1.96 bits per heavy atom. The second-order valence-electron chi connectivity index (χ2n) is 5.54. The van der Waals surface area contributed by atoms with Gasteiger partial charge in [-0.25, -0.2) is 4.98 Å². The van der Waals surface area contributed by atoms with Crippen LogP contribution in [0, 0.1) is 0 Å². The van der Waals surface area contributed by atoms with E-state index in [1.165, 1.54) is 4.40 Å². The standard InChI is InChI=1S/C18H12Cl2N2O/c19-13-3-1-2-11(9-13)8-12-4-6-15-17(12)21-16-7-5-14(20)10-22(16)18(15)23/h1-3,5,7-10H,4,6H2. The second kappa shape index (κ2) is 5.52. The molecule has 0 spiro atoms. The number of allylic oxidation sites excluding steroid dienone is 1. The fraction of sp³-hybridized carbons (Fsp3) is 0.111. The van der Waals surface area contributed by atoms with Crippen molar-refractivity contribution in [3.05, 3.63) is 79.8 Å². The zero-order valence-corrected chi connectivity index (χ0v) is 13.6. The summed E-state index contributed by atoms with van der Waals surface area (Å²) in [5.41, 5.74) is 4.18. The number of pyridine rings is 1. The lowest BCUT2D eigenvalue weighted by Crippen LogP contribution is -2.19. The molecule has 5 heteroatoms. The van der Waals surface area contributed by atoms with E-state index in [0.717, 1.165) is 28.8 Å². The van der Waals surface area contributed by atoms with Crippen molar-refractivity contribution in [1.29, 1.82) is 0 Å². The number of benzene rings is 1. The lowest BCUT2D eigenvalue weighted by atomic mass is 10.1. The number of aromatic nitrogens is 2. The van der Waals surface area contributed by atoms with Crippen molar-refractivity contribution < 1.29 is 0 Å². The summed E-state index contributed by atoms with van der Waals surface area (Å²) in [4.78, 5) is 17.3. The highest BCUT2D eigenvalue weighted by Crippen LogP contribution is 2.31. The van der Waals surface area contributed by atoms with Crippen LogP contribution in [0.15, 0.2) is 47.4 Å². The summed E-state index contributed by atoms with van der Waals surface area (Å²) in [5.74, 6) is 0. The highest BCUT2D eigenvalue weighted by atomic mass is 35.5. The molecule has 1 aromatic carbocycles. The summed E-state index contributed by atoms with van der Waals surface area (Å²) in [6.07, 6.45) is 5.17.